The van der Waals surface area contributed by atoms with Gasteiger partial charge in [-0.05, 0) is 0 Å². The van der Waals surface area contributed by atoms with Gasteiger partial charge in [-0.1, -0.05) is 23.4 Å². The highest BCUT2D eigenvalue weighted by atomic mass is 35.5. The molecule has 0 aromatic heterocycles. The summed E-state index contributed by atoms with van der Waals surface area (Å²) in [5, 5.41) is 1.15. The summed E-state index contributed by atoms with van der Waals surface area (Å²) in [7, 11) is 0. The molecule has 0 spiro atoms. The zero-order valence-corrected chi connectivity index (χ0v) is 6.45. The summed E-state index contributed by atoms with van der Waals surface area (Å²) >= 11 is 7.58. The minimum atomic E-state index is 0.0211. The lowest BCUT2D eigenvalue weighted by Crippen LogP contribution is -2.22. The van der Waals surface area contributed by atoms with Crippen LogP contribution < -0.4 is 0 Å². The highest BCUT2D eigenvalue weighted by Crippen LogP contribution is 2.25. The average Bonchev–Trinajstić information content (AvgIpc) is 2.22. The van der Waals surface area contributed by atoms with E-state index in [1.807, 2.05) is 11.8 Å². The van der Waals surface area contributed by atoms with Crippen LogP contribution in [0.5, 0.6) is 0 Å². The van der Waals surface area contributed by atoms with Gasteiger partial charge in [0.25, 0.3) is 0 Å². The van der Waals surface area contributed by atoms with Crippen molar-refractivity contribution in [3.63, 3.8) is 0 Å². The predicted octanol–water partition coefficient (Wildman–Crippen LogP) is 0.970. The molecule has 2 rings (SSSR count). The second-order valence-electron chi connectivity index (χ2n) is 2.14. The van der Waals surface area contributed by atoms with Gasteiger partial charge < -0.3 is 4.90 Å². The van der Waals surface area contributed by atoms with Crippen molar-refractivity contribution in [2.24, 2.45) is 4.99 Å². The van der Waals surface area contributed by atoms with Gasteiger partial charge in [0.1, 0.15) is 5.50 Å². The van der Waals surface area contributed by atoms with Gasteiger partial charge in [-0.2, -0.15) is 0 Å². The highest BCUT2D eigenvalue weighted by molar-refractivity contribution is 8.14. The Kier molecular flexibility index (Phi) is 1.34. The summed E-state index contributed by atoms with van der Waals surface area (Å²) in [6.45, 7) is 2.05. The molecular weight excluding hydrogens is 156 g/mol. The molecule has 1 unspecified atom stereocenters. The Labute approximate surface area is 63.3 Å². The van der Waals surface area contributed by atoms with Crippen LogP contribution in [0.15, 0.2) is 4.99 Å². The third-order valence-electron chi connectivity index (χ3n) is 1.48. The summed E-state index contributed by atoms with van der Waals surface area (Å²) in [6.07, 6.45) is 0. The van der Waals surface area contributed by atoms with E-state index in [4.69, 9.17) is 11.6 Å². The highest BCUT2D eigenvalue weighted by Gasteiger charge is 2.27. The maximum absolute atomic E-state index is 5.77. The Morgan fingerprint density at radius 2 is 2.67 bits per heavy atom. The van der Waals surface area contributed by atoms with E-state index in [9.17, 15) is 0 Å². The van der Waals surface area contributed by atoms with E-state index in [-0.39, 0.29) is 5.50 Å². The molecule has 9 heavy (non-hydrogen) atoms. The molecule has 0 radical (unpaired) electrons. The molecule has 0 amide bonds. The molecule has 2 aliphatic rings. The molecule has 1 saturated heterocycles. The van der Waals surface area contributed by atoms with E-state index in [2.05, 4.69) is 9.89 Å². The number of hydrogen-bond donors (Lipinski definition) is 0. The van der Waals surface area contributed by atoms with Crippen molar-refractivity contribution in [2.45, 2.75) is 5.50 Å². The Morgan fingerprint density at radius 1 is 1.78 bits per heavy atom. The van der Waals surface area contributed by atoms with E-state index in [0.29, 0.717) is 0 Å². The molecule has 0 aromatic carbocycles. The van der Waals surface area contributed by atoms with Crippen LogP contribution in [0.3, 0.4) is 0 Å². The molecule has 1 atom stereocenters. The lowest BCUT2D eigenvalue weighted by molar-refractivity contribution is 0.493. The number of amidine groups is 1. The average molecular weight is 163 g/mol. The number of rotatable bonds is 0. The molecule has 2 nitrogen and oxygen atoms in total. The summed E-state index contributed by atoms with van der Waals surface area (Å²) in [4.78, 5) is 6.46. The van der Waals surface area contributed by atoms with Gasteiger partial charge in [0.05, 0.1) is 6.54 Å². The maximum Gasteiger partial charge on any atom is 0.160 e. The fraction of sp³-hybridized carbons (Fsp3) is 0.800. The normalized spacial score (nSPS) is 32.8. The van der Waals surface area contributed by atoms with Crippen molar-refractivity contribution >= 4 is 28.5 Å². The Hall–Kier alpha value is 0.110. The number of fused-ring (bicyclic) bond motifs is 1. The van der Waals surface area contributed by atoms with Gasteiger partial charge in [0.2, 0.25) is 0 Å². The van der Waals surface area contributed by atoms with Crippen LogP contribution in [0, 0.1) is 0 Å². The third kappa shape index (κ3) is 0.923. The quantitative estimate of drug-likeness (QED) is 0.390. The van der Waals surface area contributed by atoms with E-state index >= 15 is 0 Å². The standard InChI is InChI=1S/C5H7ClN2S/c6-4-3-8-1-2-9-5(8)7-4/h4H,1-3H2. The fourth-order valence-corrected chi connectivity index (χ4v) is 2.43. The zero-order valence-electron chi connectivity index (χ0n) is 4.88. The predicted molar refractivity (Wildman–Crippen MR) is 41.1 cm³/mol. The minimum Gasteiger partial charge on any atom is -0.347 e. The maximum atomic E-state index is 5.77. The third-order valence-corrected chi connectivity index (χ3v) is 2.73. The molecule has 0 N–H and O–H groups in total. The van der Waals surface area contributed by atoms with Gasteiger partial charge in [-0.3, -0.25) is 0 Å². The van der Waals surface area contributed by atoms with Gasteiger partial charge in [-0.25, -0.2) is 4.99 Å². The van der Waals surface area contributed by atoms with Crippen molar-refractivity contribution in [3.05, 3.63) is 0 Å². The number of hydrogen-bond acceptors (Lipinski definition) is 3. The minimum absolute atomic E-state index is 0.0211. The van der Waals surface area contributed by atoms with Crippen LogP contribution >= 0.6 is 23.4 Å². The van der Waals surface area contributed by atoms with E-state index < -0.39 is 0 Å². The first-order valence-corrected chi connectivity index (χ1v) is 4.38. The van der Waals surface area contributed by atoms with Gasteiger partial charge in [-0.15, -0.1) is 0 Å². The van der Waals surface area contributed by atoms with Crippen LogP contribution in [0.25, 0.3) is 0 Å². The number of alkyl halides is 1. The lowest BCUT2D eigenvalue weighted by Gasteiger charge is -2.08. The number of nitrogens with zero attached hydrogens (tertiary/aromatic N) is 2. The lowest BCUT2D eigenvalue weighted by atomic mass is 10.6. The SMILES string of the molecule is ClC1CN2CCSC2=N1. The Morgan fingerprint density at radius 3 is 3.44 bits per heavy atom. The Bertz CT molecular complexity index is 159. The van der Waals surface area contributed by atoms with Crippen LogP contribution in [-0.4, -0.2) is 34.4 Å². The monoisotopic (exact) mass is 162 g/mol. The van der Waals surface area contributed by atoms with Crippen molar-refractivity contribution < 1.29 is 0 Å². The zero-order chi connectivity index (χ0) is 6.27. The molecular formula is C5H7ClN2S. The molecule has 0 saturated carbocycles. The molecule has 1 fully saturated rings. The first-order valence-electron chi connectivity index (χ1n) is 2.96. The fourth-order valence-electron chi connectivity index (χ4n) is 1.06. The summed E-state index contributed by atoms with van der Waals surface area (Å²) < 4.78 is 0. The molecule has 0 bridgehead atoms. The molecule has 50 valence electrons. The molecule has 4 heteroatoms. The summed E-state index contributed by atoms with van der Waals surface area (Å²) in [5.41, 5.74) is 0.0211. The van der Waals surface area contributed by atoms with Crippen molar-refractivity contribution in [3.8, 4) is 0 Å². The van der Waals surface area contributed by atoms with Crippen LogP contribution in [0.2, 0.25) is 0 Å². The van der Waals surface area contributed by atoms with Crippen LogP contribution in [-0.2, 0) is 0 Å². The van der Waals surface area contributed by atoms with Crippen LogP contribution in [0.4, 0.5) is 0 Å². The van der Waals surface area contributed by atoms with Crippen molar-refractivity contribution in [1.29, 1.82) is 0 Å². The van der Waals surface area contributed by atoms with Crippen molar-refractivity contribution in [1.82, 2.24) is 4.90 Å². The summed E-state index contributed by atoms with van der Waals surface area (Å²) in [5.74, 6) is 1.18. The van der Waals surface area contributed by atoms with E-state index in [1.165, 1.54) is 5.75 Å². The number of thioether (sulfide) groups is 1. The molecule has 2 aliphatic heterocycles. The van der Waals surface area contributed by atoms with Gasteiger partial charge in [0.15, 0.2) is 5.17 Å². The van der Waals surface area contributed by atoms with Crippen LogP contribution in [0.1, 0.15) is 0 Å². The van der Waals surface area contributed by atoms with Gasteiger partial charge >= 0.3 is 0 Å². The topological polar surface area (TPSA) is 15.6 Å². The van der Waals surface area contributed by atoms with E-state index in [0.717, 1.165) is 18.3 Å². The Balaban J connectivity index is 2.18. The van der Waals surface area contributed by atoms with Gasteiger partial charge in [0, 0.05) is 12.3 Å². The number of aliphatic imine (C=N–C) groups is 1. The molecule has 0 aliphatic carbocycles. The first kappa shape index (κ1) is 5.86. The molecule has 2 heterocycles. The second kappa shape index (κ2) is 2.06. The van der Waals surface area contributed by atoms with E-state index in [1.54, 1.807) is 0 Å². The number of halogens is 1. The largest absolute Gasteiger partial charge is 0.347 e. The second-order valence-corrected chi connectivity index (χ2v) is 3.71. The first-order chi connectivity index (χ1) is 4.36. The van der Waals surface area contributed by atoms with Crippen molar-refractivity contribution in [2.75, 3.05) is 18.8 Å². The summed E-state index contributed by atoms with van der Waals surface area (Å²) in [6, 6.07) is 0. The molecule has 0 aromatic rings. The smallest absolute Gasteiger partial charge is 0.160 e.